The third-order valence-corrected chi connectivity index (χ3v) is 4.01. The molecule has 116 valence electrons. The van der Waals surface area contributed by atoms with Gasteiger partial charge in [0.25, 0.3) is 5.91 Å². The van der Waals surface area contributed by atoms with E-state index in [0.29, 0.717) is 18.0 Å². The van der Waals surface area contributed by atoms with Crippen LogP contribution in [0.5, 0.6) is 0 Å². The highest BCUT2D eigenvalue weighted by atomic mass is 16.5. The smallest absolute Gasteiger partial charge is 0.254 e. The lowest BCUT2D eigenvalue weighted by Crippen LogP contribution is -2.41. The average molecular weight is 291 g/mol. The van der Waals surface area contributed by atoms with Gasteiger partial charge in [0.15, 0.2) is 0 Å². The first-order valence-corrected chi connectivity index (χ1v) is 7.37. The van der Waals surface area contributed by atoms with Crippen LogP contribution in [0.3, 0.4) is 0 Å². The predicted octanol–water partition coefficient (Wildman–Crippen LogP) is 2.21. The Morgan fingerprint density at radius 3 is 2.62 bits per heavy atom. The summed E-state index contributed by atoms with van der Waals surface area (Å²) in [6, 6.07) is 3.61. The standard InChI is InChI=1S/C16H25N3O2/c1-10-12(6-7-21-10)19(5)15(20)11-8-13(16(2,3)4)18-14(17)9-11/h8-10,12H,6-7H2,1-5H3,(H2,17,18). The van der Waals surface area contributed by atoms with Gasteiger partial charge < -0.3 is 15.4 Å². The molecule has 2 N–H and O–H groups in total. The van der Waals surface area contributed by atoms with Crippen LogP contribution in [0.1, 0.15) is 50.2 Å². The van der Waals surface area contributed by atoms with Gasteiger partial charge in [-0.3, -0.25) is 4.79 Å². The van der Waals surface area contributed by atoms with Gasteiger partial charge in [0, 0.05) is 30.3 Å². The van der Waals surface area contributed by atoms with E-state index in [0.717, 1.165) is 12.1 Å². The minimum atomic E-state index is -0.146. The SMILES string of the molecule is CC1OCCC1N(C)C(=O)c1cc(N)nc(C(C)(C)C)c1. The van der Waals surface area contributed by atoms with Crippen molar-refractivity contribution in [3.8, 4) is 0 Å². The van der Waals surface area contributed by atoms with E-state index in [1.54, 1.807) is 11.0 Å². The van der Waals surface area contributed by atoms with Crippen molar-refractivity contribution in [1.82, 2.24) is 9.88 Å². The van der Waals surface area contributed by atoms with Crippen LogP contribution in [-0.2, 0) is 10.2 Å². The number of anilines is 1. The number of carbonyl (C=O) groups excluding carboxylic acids is 1. The quantitative estimate of drug-likeness (QED) is 0.907. The van der Waals surface area contributed by atoms with Crippen molar-refractivity contribution in [2.75, 3.05) is 19.4 Å². The van der Waals surface area contributed by atoms with E-state index >= 15 is 0 Å². The first kappa shape index (κ1) is 15.8. The number of ether oxygens (including phenoxy) is 1. The first-order valence-electron chi connectivity index (χ1n) is 7.37. The van der Waals surface area contributed by atoms with Crippen molar-refractivity contribution in [3.63, 3.8) is 0 Å². The molecule has 1 aliphatic heterocycles. The van der Waals surface area contributed by atoms with Gasteiger partial charge in [0.1, 0.15) is 5.82 Å². The van der Waals surface area contributed by atoms with Crippen LogP contribution in [0.25, 0.3) is 0 Å². The highest BCUT2D eigenvalue weighted by molar-refractivity contribution is 5.95. The summed E-state index contributed by atoms with van der Waals surface area (Å²) in [6.45, 7) is 8.87. The largest absolute Gasteiger partial charge is 0.384 e. The maximum Gasteiger partial charge on any atom is 0.254 e. The zero-order valence-electron chi connectivity index (χ0n) is 13.5. The molecule has 0 aliphatic carbocycles. The molecule has 1 fully saturated rings. The van der Waals surface area contributed by atoms with Crippen LogP contribution in [0.2, 0.25) is 0 Å². The monoisotopic (exact) mass is 291 g/mol. The molecule has 2 unspecified atom stereocenters. The maximum atomic E-state index is 12.7. The van der Waals surface area contributed by atoms with Crippen molar-refractivity contribution in [3.05, 3.63) is 23.4 Å². The Morgan fingerprint density at radius 1 is 1.43 bits per heavy atom. The fourth-order valence-corrected chi connectivity index (χ4v) is 2.64. The summed E-state index contributed by atoms with van der Waals surface area (Å²) >= 11 is 0. The molecule has 5 heteroatoms. The minimum Gasteiger partial charge on any atom is -0.384 e. The third kappa shape index (κ3) is 3.35. The number of hydrogen-bond acceptors (Lipinski definition) is 4. The Morgan fingerprint density at radius 2 is 2.10 bits per heavy atom. The number of nitrogens with zero attached hydrogens (tertiary/aromatic N) is 2. The number of pyridine rings is 1. The van der Waals surface area contributed by atoms with E-state index in [1.165, 1.54) is 0 Å². The average Bonchev–Trinajstić information content (AvgIpc) is 2.81. The molecular weight excluding hydrogens is 266 g/mol. The second-order valence-electron chi connectivity index (χ2n) is 6.76. The lowest BCUT2D eigenvalue weighted by atomic mass is 9.90. The highest BCUT2D eigenvalue weighted by Gasteiger charge is 2.31. The second-order valence-corrected chi connectivity index (χ2v) is 6.76. The molecule has 0 bridgehead atoms. The normalized spacial score (nSPS) is 22.3. The zero-order chi connectivity index (χ0) is 15.8. The highest BCUT2D eigenvalue weighted by Crippen LogP contribution is 2.25. The maximum absolute atomic E-state index is 12.7. The summed E-state index contributed by atoms with van der Waals surface area (Å²) in [6.07, 6.45) is 0.941. The molecule has 1 aliphatic rings. The molecule has 0 radical (unpaired) electrons. The molecule has 5 nitrogen and oxygen atoms in total. The topological polar surface area (TPSA) is 68.5 Å². The summed E-state index contributed by atoms with van der Waals surface area (Å²) in [5.41, 5.74) is 7.14. The number of likely N-dealkylation sites (N-methyl/N-ethyl adjacent to an activating group) is 1. The van der Waals surface area contributed by atoms with E-state index in [9.17, 15) is 4.79 Å². The molecular formula is C16H25N3O2. The number of hydrogen-bond donors (Lipinski definition) is 1. The molecule has 0 spiro atoms. The van der Waals surface area contributed by atoms with Crippen molar-refractivity contribution >= 4 is 11.7 Å². The van der Waals surface area contributed by atoms with Crippen LogP contribution in [-0.4, -0.2) is 41.6 Å². The first-order chi connectivity index (χ1) is 9.70. The molecule has 2 rings (SSSR count). The van der Waals surface area contributed by atoms with E-state index in [-0.39, 0.29) is 23.5 Å². The minimum absolute atomic E-state index is 0.0306. The fourth-order valence-electron chi connectivity index (χ4n) is 2.64. The molecule has 2 atom stereocenters. The van der Waals surface area contributed by atoms with E-state index < -0.39 is 0 Å². The summed E-state index contributed by atoms with van der Waals surface area (Å²) in [4.78, 5) is 18.8. The lowest BCUT2D eigenvalue weighted by molar-refractivity contribution is 0.0574. The van der Waals surface area contributed by atoms with Gasteiger partial charge >= 0.3 is 0 Å². The van der Waals surface area contributed by atoms with Crippen LogP contribution in [0.15, 0.2) is 12.1 Å². The fraction of sp³-hybridized carbons (Fsp3) is 0.625. The molecule has 0 saturated carbocycles. The predicted molar refractivity (Wildman–Crippen MR) is 83.3 cm³/mol. The van der Waals surface area contributed by atoms with Crippen LogP contribution in [0.4, 0.5) is 5.82 Å². The Balaban J connectivity index is 2.28. The van der Waals surface area contributed by atoms with Crippen molar-refractivity contribution in [2.24, 2.45) is 0 Å². The molecule has 1 amide bonds. The van der Waals surface area contributed by atoms with Gasteiger partial charge in [-0.1, -0.05) is 20.8 Å². The molecule has 2 heterocycles. The summed E-state index contributed by atoms with van der Waals surface area (Å²) in [5.74, 6) is 0.354. The number of nitrogens with two attached hydrogens (primary N) is 1. The Bertz CT molecular complexity index is 537. The van der Waals surface area contributed by atoms with Crippen LogP contribution < -0.4 is 5.73 Å². The molecule has 0 aromatic carbocycles. The van der Waals surface area contributed by atoms with Gasteiger partial charge in [-0.2, -0.15) is 0 Å². The second kappa shape index (κ2) is 5.64. The summed E-state index contributed by atoms with van der Waals surface area (Å²) in [7, 11) is 1.82. The van der Waals surface area contributed by atoms with Crippen LogP contribution in [0, 0.1) is 0 Å². The Labute approximate surface area is 126 Å². The third-order valence-electron chi connectivity index (χ3n) is 4.01. The van der Waals surface area contributed by atoms with Crippen molar-refractivity contribution in [1.29, 1.82) is 0 Å². The van der Waals surface area contributed by atoms with Gasteiger partial charge in [-0.05, 0) is 25.5 Å². The Kier molecular flexibility index (Phi) is 4.23. The van der Waals surface area contributed by atoms with Gasteiger partial charge in [-0.15, -0.1) is 0 Å². The molecule has 1 aromatic rings. The van der Waals surface area contributed by atoms with E-state index in [1.807, 2.05) is 20.0 Å². The summed E-state index contributed by atoms with van der Waals surface area (Å²) in [5, 5.41) is 0. The van der Waals surface area contributed by atoms with Crippen molar-refractivity contribution in [2.45, 2.75) is 51.7 Å². The molecule has 1 aromatic heterocycles. The lowest BCUT2D eigenvalue weighted by Gasteiger charge is -2.27. The van der Waals surface area contributed by atoms with E-state index in [4.69, 9.17) is 10.5 Å². The zero-order valence-corrected chi connectivity index (χ0v) is 13.5. The molecule has 1 saturated heterocycles. The number of rotatable bonds is 2. The summed E-state index contributed by atoms with van der Waals surface area (Å²) < 4.78 is 5.54. The van der Waals surface area contributed by atoms with Gasteiger partial charge in [0.2, 0.25) is 0 Å². The number of aromatic nitrogens is 1. The van der Waals surface area contributed by atoms with Gasteiger partial charge in [0.05, 0.1) is 12.1 Å². The molecule has 21 heavy (non-hydrogen) atoms. The number of amides is 1. The Hall–Kier alpha value is -1.62. The number of carbonyl (C=O) groups is 1. The van der Waals surface area contributed by atoms with Crippen molar-refractivity contribution < 1.29 is 9.53 Å². The van der Waals surface area contributed by atoms with E-state index in [2.05, 4.69) is 25.8 Å². The van der Waals surface area contributed by atoms with Gasteiger partial charge in [-0.25, -0.2) is 4.98 Å². The number of nitrogen functional groups attached to an aromatic ring is 1. The van der Waals surface area contributed by atoms with Crippen LogP contribution >= 0.6 is 0 Å².